The van der Waals surface area contributed by atoms with Gasteiger partial charge in [-0.2, -0.15) is 0 Å². The molecule has 0 N–H and O–H groups in total. The number of pyridine rings is 1. The number of fused-ring (bicyclic) bond motifs is 1. The Morgan fingerprint density at radius 2 is 1.53 bits per heavy atom. The van der Waals surface area contributed by atoms with Gasteiger partial charge in [-0.3, -0.25) is 0 Å². The molecule has 1 heterocycles. The molecule has 0 atom stereocenters. The lowest BCUT2D eigenvalue weighted by atomic mass is 10.1. The van der Waals surface area contributed by atoms with Crippen LogP contribution in [-0.4, -0.2) is 4.98 Å². The van der Waals surface area contributed by atoms with Gasteiger partial charge in [-0.25, -0.2) is 4.98 Å². The van der Waals surface area contributed by atoms with Gasteiger partial charge >= 0.3 is 0 Å². The summed E-state index contributed by atoms with van der Waals surface area (Å²) in [4.78, 5) is 4.53. The molecular formula is C17H15NO. The van der Waals surface area contributed by atoms with Crippen molar-refractivity contribution >= 4 is 10.9 Å². The maximum Gasteiger partial charge on any atom is 0.219 e. The molecule has 0 spiro atoms. The maximum atomic E-state index is 5.94. The van der Waals surface area contributed by atoms with Crippen molar-refractivity contribution in [2.24, 2.45) is 0 Å². The Morgan fingerprint density at radius 3 is 2.32 bits per heavy atom. The summed E-state index contributed by atoms with van der Waals surface area (Å²) in [7, 11) is 0. The fourth-order valence-corrected chi connectivity index (χ4v) is 2.17. The van der Waals surface area contributed by atoms with Gasteiger partial charge in [-0.15, -0.1) is 0 Å². The predicted molar refractivity (Wildman–Crippen MR) is 77.7 cm³/mol. The Bertz CT molecular complexity index is 714. The van der Waals surface area contributed by atoms with Gasteiger partial charge in [-0.1, -0.05) is 36.4 Å². The van der Waals surface area contributed by atoms with E-state index in [1.54, 1.807) is 0 Å². The third kappa shape index (κ3) is 2.29. The summed E-state index contributed by atoms with van der Waals surface area (Å²) in [5, 5.41) is 1.12. The summed E-state index contributed by atoms with van der Waals surface area (Å²) in [5.41, 5.74) is 3.19. The number of hydrogen-bond donors (Lipinski definition) is 0. The average molecular weight is 249 g/mol. The maximum absolute atomic E-state index is 5.94. The summed E-state index contributed by atoms with van der Waals surface area (Å²) in [6, 6.07) is 18.1. The molecule has 2 aromatic carbocycles. The summed E-state index contributed by atoms with van der Waals surface area (Å²) >= 11 is 0. The number of ether oxygens (including phenoxy) is 1. The van der Waals surface area contributed by atoms with Crippen LogP contribution in [0.25, 0.3) is 10.9 Å². The molecule has 1 aromatic heterocycles. The highest BCUT2D eigenvalue weighted by Gasteiger charge is 2.06. The van der Waals surface area contributed by atoms with Gasteiger partial charge in [0.25, 0.3) is 0 Å². The van der Waals surface area contributed by atoms with Gasteiger partial charge < -0.3 is 4.74 Å². The van der Waals surface area contributed by atoms with Crippen LogP contribution in [0.3, 0.4) is 0 Å². The summed E-state index contributed by atoms with van der Waals surface area (Å²) in [6.07, 6.45) is 0. The molecule has 0 aliphatic carbocycles. The van der Waals surface area contributed by atoms with E-state index in [2.05, 4.69) is 4.98 Å². The van der Waals surface area contributed by atoms with Crippen molar-refractivity contribution in [3.8, 4) is 11.6 Å². The van der Waals surface area contributed by atoms with Crippen LogP contribution in [0.2, 0.25) is 0 Å². The molecule has 0 aliphatic heterocycles. The number of hydrogen-bond acceptors (Lipinski definition) is 2. The first-order valence-electron chi connectivity index (χ1n) is 6.34. The molecule has 94 valence electrons. The molecule has 0 amide bonds. The summed E-state index contributed by atoms with van der Waals surface area (Å²) in [5.74, 6) is 1.53. The van der Waals surface area contributed by atoms with Crippen molar-refractivity contribution in [1.82, 2.24) is 4.98 Å². The highest BCUT2D eigenvalue weighted by Crippen LogP contribution is 2.28. The molecule has 0 saturated carbocycles. The number of para-hydroxylation sites is 2. The van der Waals surface area contributed by atoms with Crippen LogP contribution in [0, 0.1) is 13.8 Å². The summed E-state index contributed by atoms with van der Waals surface area (Å²) < 4.78 is 5.94. The van der Waals surface area contributed by atoms with Crippen molar-refractivity contribution in [1.29, 1.82) is 0 Å². The normalized spacial score (nSPS) is 10.6. The van der Waals surface area contributed by atoms with E-state index in [1.807, 2.05) is 68.4 Å². The second-order valence-corrected chi connectivity index (χ2v) is 4.67. The SMILES string of the molecule is Cc1cccc(C)c1Oc1ccc2ccccc2n1. The zero-order valence-corrected chi connectivity index (χ0v) is 11.1. The second kappa shape index (κ2) is 4.73. The third-order valence-corrected chi connectivity index (χ3v) is 3.19. The highest BCUT2D eigenvalue weighted by atomic mass is 16.5. The van der Waals surface area contributed by atoms with E-state index in [0.717, 1.165) is 27.8 Å². The lowest BCUT2D eigenvalue weighted by molar-refractivity contribution is 0.458. The number of rotatable bonds is 2. The summed E-state index contributed by atoms with van der Waals surface area (Å²) in [6.45, 7) is 4.09. The van der Waals surface area contributed by atoms with Gasteiger partial charge in [0, 0.05) is 11.5 Å². The average Bonchev–Trinajstić information content (AvgIpc) is 2.43. The lowest BCUT2D eigenvalue weighted by Gasteiger charge is -2.11. The third-order valence-electron chi connectivity index (χ3n) is 3.19. The fraction of sp³-hybridized carbons (Fsp3) is 0.118. The zero-order chi connectivity index (χ0) is 13.2. The number of aromatic nitrogens is 1. The number of aryl methyl sites for hydroxylation is 2. The van der Waals surface area contributed by atoms with Crippen molar-refractivity contribution in [3.05, 3.63) is 65.7 Å². The van der Waals surface area contributed by atoms with Crippen LogP contribution < -0.4 is 4.74 Å². The molecule has 2 nitrogen and oxygen atoms in total. The van der Waals surface area contributed by atoms with Crippen LogP contribution in [0.5, 0.6) is 11.6 Å². The molecule has 3 aromatic rings. The largest absolute Gasteiger partial charge is 0.438 e. The minimum atomic E-state index is 0.635. The Hall–Kier alpha value is -2.35. The molecule has 2 heteroatoms. The van der Waals surface area contributed by atoms with E-state index in [9.17, 15) is 0 Å². The van der Waals surface area contributed by atoms with Gasteiger partial charge in [0.15, 0.2) is 0 Å². The molecule has 0 radical (unpaired) electrons. The molecule has 0 fully saturated rings. The van der Waals surface area contributed by atoms with Gasteiger partial charge in [0.1, 0.15) is 5.75 Å². The van der Waals surface area contributed by atoms with E-state index < -0.39 is 0 Å². The molecule has 0 saturated heterocycles. The lowest BCUT2D eigenvalue weighted by Crippen LogP contribution is -1.93. The van der Waals surface area contributed by atoms with E-state index in [-0.39, 0.29) is 0 Å². The van der Waals surface area contributed by atoms with Crippen LogP contribution in [0.4, 0.5) is 0 Å². The van der Waals surface area contributed by atoms with Gasteiger partial charge in [-0.05, 0) is 37.1 Å². The fourth-order valence-electron chi connectivity index (χ4n) is 2.17. The predicted octanol–water partition coefficient (Wildman–Crippen LogP) is 4.64. The van der Waals surface area contributed by atoms with Crippen LogP contribution in [0.1, 0.15) is 11.1 Å². The zero-order valence-electron chi connectivity index (χ0n) is 11.1. The van der Waals surface area contributed by atoms with Crippen molar-refractivity contribution in [2.75, 3.05) is 0 Å². The molecule has 0 unspecified atom stereocenters. The van der Waals surface area contributed by atoms with Crippen molar-refractivity contribution in [2.45, 2.75) is 13.8 Å². The van der Waals surface area contributed by atoms with Crippen LogP contribution in [-0.2, 0) is 0 Å². The van der Waals surface area contributed by atoms with Crippen LogP contribution in [0.15, 0.2) is 54.6 Å². The topological polar surface area (TPSA) is 22.1 Å². The quantitative estimate of drug-likeness (QED) is 0.659. The first kappa shape index (κ1) is 11.7. The minimum Gasteiger partial charge on any atom is -0.438 e. The van der Waals surface area contributed by atoms with Crippen molar-refractivity contribution < 1.29 is 4.74 Å². The van der Waals surface area contributed by atoms with Crippen LogP contribution >= 0.6 is 0 Å². The Balaban J connectivity index is 2.01. The van der Waals surface area contributed by atoms with E-state index in [0.29, 0.717) is 5.88 Å². The van der Waals surface area contributed by atoms with E-state index in [1.165, 1.54) is 0 Å². The van der Waals surface area contributed by atoms with Crippen molar-refractivity contribution in [3.63, 3.8) is 0 Å². The molecule has 19 heavy (non-hydrogen) atoms. The van der Waals surface area contributed by atoms with E-state index >= 15 is 0 Å². The van der Waals surface area contributed by atoms with Gasteiger partial charge in [0.05, 0.1) is 5.52 Å². The monoisotopic (exact) mass is 249 g/mol. The molecule has 0 bridgehead atoms. The first-order chi connectivity index (χ1) is 9.24. The Morgan fingerprint density at radius 1 is 0.789 bits per heavy atom. The Labute approximate surface area is 112 Å². The first-order valence-corrected chi connectivity index (χ1v) is 6.34. The molecule has 0 aliphatic rings. The smallest absolute Gasteiger partial charge is 0.219 e. The standard InChI is InChI=1S/C17H15NO/c1-12-6-5-7-13(2)17(12)19-16-11-10-14-8-3-4-9-15(14)18-16/h3-11H,1-2H3. The number of benzene rings is 2. The number of nitrogens with zero attached hydrogens (tertiary/aromatic N) is 1. The molecule has 3 rings (SSSR count). The van der Waals surface area contributed by atoms with E-state index in [4.69, 9.17) is 4.74 Å². The second-order valence-electron chi connectivity index (χ2n) is 4.67. The highest BCUT2D eigenvalue weighted by molar-refractivity contribution is 5.78. The van der Waals surface area contributed by atoms with Gasteiger partial charge in [0.2, 0.25) is 5.88 Å². The molecular weight excluding hydrogens is 234 g/mol. The Kier molecular flexibility index (Phi) is 2.92. The minimum absolute atomic E-state index is 0.635.